The van der Waals surface area contributed by atoms with E-state index in [1.54, 1.807) is 6.08 Å². The van der Waals surface area contributed by atoms with E-state index in [-0.39, 0.29) is 17.1 Å². The average molecular weight is 313 g/mol. The van der Waals surface area contributed by atoms with Gasteiger partial charge in [0.2, 0.25) is 0 Å². The Morgan fingerprint density at radius 2 is 2.14 bits per heavy atom. The van der Waals surface area contributed by atoms with Gasteiger partial charge in [-0.25, -0.2) is 0 Å². The zero-order valence-corrected chi connectivity index (χ0v) is 15.5. The highest BCUT2D eigenvalue weighted by Crippen LogP contribution is 2.36. The minimum atomic E-state index is -1.67. The molecule has 0 bridgehead atoms. The number of hydrogen-bond acceptors (Lipinski definition) is 4. The Morgan fingerprint density at radius 3 is 2.67 bits per heavy atom. The fourth-order valence-corrected chi connectivity index (χ4v) is 2.92. The molecule has 2 N–H and O–H groups in total. The molecule has 122 valence electrons. The van der Waals surface area contributed by atoms with Gasteiger partial charge in [-0.2, -0.15) is 5.48 Å². The number of hydroxylamine groups is 1. The standard InChI is InChI=1S/C16H32N2O2Si/c1-8-9-19-18-15-11-17-14(10-13(15)2)12-20-21(6,7)16(3,4)5/h8,10,14-15,17-18H,1,9,11-12H2,2-7H3/t14-,15-/m0/s1. The molecule has 4 nitrogen and oxygen atoms in total. The van der Waals surface area contributed by atoms with Gasteiger partial charge in [-0.05, 0) is 25.1 Å². The maximum absolute atomic E-state index is 6.28. The van der Waals surface area contributed by atoms with Crippen molar-refractivity contribution in [2.24, 2.45) is 0 Å². The molecule has 1 aliphatic rings. The molecule has 0 unspecified atom stereocenters. The highest BCUT2D eigenvalue weighted by molar-refractivity contribution is 6.74. The van der Waals surface area contributed by atoms with E-state index in [9.17, 15) is 0 Å². The maximum atomic E-state index is 6.28. The van der Waals surface area contributed by atoms with Crippen LogP contribution in [0.25, 0.3) is 0 Å². The zero-order chi connectivity index (χ0) is 16.1. The minimum absolute atomic E-state index is 0.217. The highest BCUT2D eigenvalue weighted by Gasteiger charge is 2.37. The lowest BCUT2D eigenvalue weighted by Crippen LogP contribution is -2.50. The number of nitrogens with one attached hydrogen (secondary N) is 2. The molecular weight excluding hydrogens is 280 g/mol. The summed E-state index contributed by atoms with van der Waals surface area (Å²) < 4.78 is 6.28. The highest BCUT2D eigenvalue weighted by atomic mass is 28.4. The van der Waals surface area contributed by atoms with Crippen LogP contribution in [0.4, 0.5) is 0 Å². The van der Waals surface area contributed by atoms with Crippen molar-refractivity contribution < 1.29 is 9.26 Å². The minimum Gasteiger partial charge on any atom is -0.415 e. The quantitative estimate of drug-likeness (QED) is 0.328. The molecule has 0 aliphatic carbocycles. The zero-order valence-electron chi connectivity index (χ0n) is 14.5. The lowest BCUT2D eigenvalue weighted by molar-refractivity contribution is 0.0412. The van der Waals surface area contributed by atoms with Gasteiger partial charge >= 0.3 is 0 Å². The van der Waals surface area contributed by atoms with E-state index in [1.807, 2.05) is 0 Å². The summed E-state index contributed by atoms with van der Waals surface area (Å²) in [5, 5.41) is 3.76. The predicted molar refractivity (Wildman–Crippen MR) is 91.8 cm³/mol. The Balaban J connectivity index is 2.48. The molecule has 0 amide bonds. The van der Waals surface area contributed by atoms with Crippen molar-refractivity contribution in [3.8, 4) is 0 Å². The lowest BCUT2D eigenvalue weighted by Gasteiger charge is -2.38. The normalized spacial score (nSPS) is 23.8. The van der Waals surface area contributed by atoms with Gasteiger partial charge in [0.15, 0.2) is 8.32 Å². The topological polar surface area (TPSA) is 42.5 Å². The first-order valence-corrected chi connectivity index (χ1v) is 10.6. The summed E-state index contributed by atoms with van der Waals surface area (Å²) in [7, 11) is -1.67. The molecule has 0 fully saturated rings. The largest absolute Gasteiger partial charge is 0.415 e. The van der Waals surface area contributed by atoms with Crippen molar-refractivity contribution in [3.63, 3.8) is 0 Å². The van der Waals surface area contributed by atoms with Crippen LogP contribution in [0.15, 0.2) is 24.3 Å². The van der Waals surface area contributed by atoms with Crippen molar-refractivity contribution in [3.05, 3.63) is 24.3 Å². The Labute approximate surface area is 131 Å². The Kier molecular flexibility index (Phi) is 6.81. The summed E-state index contributed by atoms with van der Waals surface area (Å²) in [5.41, 5.74) is 4.35. The molecule has 0 spiro atoms. The van der Waals surface area contributed by atoms with Gasteiger partial charge in [-0.15, -0.1) is 6.58 Å². The van der Waals surface area contributed by atoms with Gasteiger partial charge < -0.3 is 9.74 Å². The van der Waals surface area contributed by atoms with Crippen LogP contribution in [0.1, 0.15) is 27.7 Å². The summed E-state index contributed by atoms with van der Waals surface area (Å²) in [4.78, 5) is 5.31. The Morgan fingerprint density at radius 1 is 1.48 bits per heavy atom. The van der Waals surface area contributed by atoms with E-state index < -0.39 is 8.32 Å². The van der Waals surface area contributed by atoms with Crippen LogP contribution in [-0.2, 0) is 9.26 Å². The van der Waals surface area contributed by atoms with Gasteiger partial charge in [0.05, 0.1) is 19.3 Å². The third-order valence-electron chi connectivity index (χ3n) is 4.45. The summed E-state index contributed by atoms with van der Waals surface area (Å²) in [6, 6.07) is 0.505. The first-order valence-electron chi connectivity index (χ1n) is 7.71. The summed E-state index contributed by atoms with van der Waals surface area (Å²) in [5.74, 6) is 0. The first kappa shape index (κ1) is 18.6. The molecule has 0 aromatic carbocycles. The van der Waals surface area contributed by atoms with Crippen LogP contribution in [0.5, 0.6) is 0 Å². The van der Waals surface area contributed by atoms with Crippen molar-refractivity contribution in [1.82, 2.24) is 10.8 Å². The van der Waals surface area contributed by atoms with E-state index >= 15 is 0 Å². The predicted octanol–water partition coefficient (Wildman–Crippen LogP) is 3.00. The van der Waals surface area contributed by atoms with Crippen molar-refractivity contribution in [2.75, 3.05) is 19.8 Å². The molecule has 0 aromatic heterocycles. The summed E-state index contributed by atoms with van der Waals surface area (Å²) in [6.45, 7) is 19.3. The smallest absolute Gasteiger partial charge is 0.192 e. The molecule has 1 aliphatic heterocycles. The van der Waals surface area contributed by atoms with Gasteiger partial charge in [0, 0.05) is 12.6 Å². The monoisotopic (exact) mass is 312 g/mol. The molecule has 0 saturated heterocycles. The van der Waals surface area contributed by atoms with Gasteiger partial charge in [0.1, 0.15) is 0 Å². The third kappa shape index (κ3) is 5.68. The van der Waals surface area contributed by atoms with E-state index in [4.69, 9.17) is 9.26 Å². The van der Waals surface area contributed by atoms with Crippen LogP contribution >= 0.6 is 0 Å². The van der Waals surface area contributed by atoms with Crippen LogP contribution in [0, 0.1) is 0 Å². The molecule has 2 atom stereocenters. The SMILES string of the molecule is C=CCON[C@H]1CN[C@H](CO[Si](C)(C)C(C)(C)C)C=C1C. The molecule has 1 heterocycles. The van der Waals surface area contributed by atoms with Crippen molar-refractivity contribution >= 4 is 8.32 Å². The van der Waals surface area contributed by atoms with Crippen molar-refractivity contribution in [1.29, 1.82) is 0 Å². The molecule has 1 rings (SSSR count). The number of hydrogen-bond donors (Lipinski definition) is 2. The molecule has 21 heavy (non-hydrogen) atoms. The fraction of sp³-hybridized carbons (Fsp3) is 0.750. The molecule has 0 radical (unpaired) electrons. The number of rotatable bonds is 7. The van der Waals surface area contributed by atoms with Gasteiger partial charge in [0.25, 0.3) is 0 Å². The second kappa shape index (κ2) is 7.69. The van der Waals surface area contributed by atoms with Crippen LogP contribution < -0.4 is 10.8 Å². The van der Waals surface area contributed by atoms with Crippen LogP contribution in [0.2, 0.25) is 18.1 Å². The van der Waals surface area contributed by atoms with Gasteiger partial charge in [-0.1, -0.05) is 38.5 Å². The second-order valence-corrected chi connectivity index (χ2v) is 12.1. The van der Waals surface area contributed by atoms with E-state index in [1.165, 1.54) is 5.57 Å². The first-order chi connectivity index (χ1) is 9.67. The molecule has 5 heteroatoms. The molecular formula is C16H32N2O2Si. The van der Waals surface area contributed by atoms with E-state index in [0.29, 0.717) is 6.61 Å². The molecule has 0 aromatic rings. The summed E-state index contributed by atoms with van der Waals surface area (Å²) in [6.07, 6.45) is 3.98. The Hall–Kier alpha value is -0.463. The van der Waals surface area contributed by atoms with Crippen LogP contribution in [0.3, 0.4) is 0 Å². The lowest BCUT2D eigenvalue weighted by atomic mass is 10.0. The van der Waals surface area contributed by atoms with E-state index in [2.05, 4.69) is 64.2 Å². The average Bonchev–Trinajstić information content (AvgIpc) is 2.37. The van der Waals surface area contributed by atoms with E-state index in [0.717, 1.165) is 13.2 Å². The Bertz CT molecular complexity index is 375. The second-order valence-electron chi connectivity index (χ2n) is 7.27. The van der Waals surface area contributed by atoms with Gasteiger partial charge in [-0.3, -0.25) is 4.84 Å². The maximum Gasteiger partial charge on any atom is 0.192 e. The third-order valence-corrected chi connectivity index (χ3v) is 8.96. The fourth-order valence-electron chi connectivity index (χ4n) is 1.89. The van der Waals surface area contributed by atoms with Crippen LogP contribution in [-0.4, -0.2) is 40.2 Å². The van der Waals surface area contributed by atoms with Crippen molar-refractivity contribution in [2.45, 2.75) is 57.9 Å². The molecule has 0 saturated carbocycles. The summed E-state index contributed by atoms with van der Waals surface area (Å²) >= 11 is 0.